The van der Waals surface area contributed by atoms with Crippen molar-refractivity contribution in [3.63, 3.8) is 0 Å². The van der Waals surface area contributed by atoms with Crippen LogP contribution in [0.1, 0.15) is 67.9 Å². The molecule has 0 bridgehead atoms. The van der Waals surface area contributed by atoms with Crippen molar-refractivity contribution in [3.8, 4) is 5.75 Å². The third kappa shape index (κ3) is 4.75. The molecule has 1 fully saturated rings. The summed E-state index contributed by atoms with van der Waals surface area (Å²) < 4.78 is 11.4. The maximum atomic E-state index is 13.3. The van der Waals surface area contributed by atoms with Gasteiger partial charge in [0.1, 0.15) is 29.1 Å². The van der Waals surface area contributed by atoms with Gasteiger partial charge in [0.05, 0.1) is 12.7 Å². The van der Waals surface area contributed by atoms with Crippen LogP contribution in [0.3, 0.4) is 0 Å². The summed E-state index contributed by atoms with van der Waals surface area (Å²) in [4.78, 5) is 30.1. The van der Waals surface area contributed by atoms with Crippen molar-refractivity contribution < 1.29 is 23.8 Å². The predicted molar refractivity (Wildman–Crippen MR) is 132 cm³/mol. The number of likely N-dealkylation sites (N-methyl/N-ethyl adjacent to an activating group) is 1. The lowest BCUT2D eigenvalue weighted by Crippen LogP contribution is -2.37. The van der Waals surface area contributed by atoms with Crippen molar-refractivity contribution in [3.05, 3.63) is 58.0 Å². The first kappa shape index (κ1) is 25.6. The highest BCUT2D eigenvalue weighted by molar-refractivity contribution is 6.46. The monoisotopic (exact) mass is 468 g/mol. The summed E-state index contributed by atoms with van der Waals surface area (Å²) >= 11 is 0. The van der Waals surface area contributed by atoms with E-state index >= 15 is 0 Å². The van der Waals surface area contributed by atoms with E-state index in [2.05, 4.69) is 18.7 Å². The standard InChI is InChI=1S/C27H36N2O5/c1-8-28(9-2)12-13-29-24(21-11-10-18(6)34-21)23(26(31)27(29)32)25(30)20-15-19(16(3)4)22(33-7)14-17(20)5/h10-11,14-16,24,30H,8-9,12-13H2,1-7H3/b25-23+. The number of Topliss-reactive ketones (excluding diaryl/α,β-unsaturated/α-hetero) is 1. The largest absolute Gasteiger partial charge is 0.507 e. The Kier molecular flexibility index (Phi) is 7.87. The second-order valence-electron chi connectivity index (χ2n) is 9.03. The molecule has 1 saturated heterocycles. The van der Waals surface area contributed by atoms with E-state index in [1.807, 2.05) is 39.8 Å². The number of ether oxygens (including phenoxy) is 1. The molecule has 7 heteroatoms. The number of likely N-dealkylation sites (tertiary alicyclic amines) is 1. The van der Waals surface area contributed by atoms with Crippen LogP contribution in [0, 0.1) is 13.8 Å². The quantitative estimate of drug-likeness (QED) is 0.324. The van der Waals surface area contributed by atoms with Gasteiger partial charge in [0.2, 0.25) is 0 Å². The number of benzene rings is 1. The lowest BCUT2D eigenvalue weighted by Gasteiger charge is -2.27. The zero-order valence-corrected chi connectivity index (χ0v) is 21.3. The number of amides is 1. The van der Waals surface area contributed by atoms with Gasteiger partial charge in [-0.15, -0.1) is 0 Å². The molecular weight excluding hydrogens is 432 g/mol. The highest BCUT2D eigenvalue weighted by Gasteiger charge is 2.47. The number of hydrogen-bond donors (Lipinski definition) is 1. The first-order valence-electron chi connectivity index (χ1n) is 11.9. The highest BCUT2D eigenvalue weighted by Crippen LogP contribution is 2.41. The number of rotatable bonds is 9. The topological polar surface area (TPSA) is 83.2 Å². The van der Waals surface area contributed by atoms with Crippen molar-refractivity contribution in [2.45, 2.75) is 53.5 Å². The third-order valence-corrected chi connectivity index (χ3v) is 6.58. The highest BCUT2D eigenvalue weighted by atomic mass is 16.5. The Balaban J connectivity index is 2.17. The maximum Gasteiger partial charge on any atom is 0.295 e. The molecule has 0 aliphatic carbocycles. The van der Waals surface area contributed by atoms with Crippen LogP contribution in [0.2, 0.25) is 0 Å². The molecule has 0 spiro atoms. The fourth-order valence-electron chi connectivity index (χ4n) is 4.52. The molecule has 3 rings (SSSR count). The van der Waals surface area contributed by atoms with Gasteiger partial charge in [0, 0.05) is 18.7 Å². The molecule has 1 aliphatic rings. The molecular formula is C27H36N2O5. The molecule has 1 amide bonds. The van der Waals surface area contributed by atoms with Crippen LogP contribution in [0.25, 0.3) is 5.76 Å². The molecule has 2 heterocycles. The SMILES string of the molecule is CCN(CC)CCN1C(=O)C(=O)/C(=C(/O)c2cc(C(C)C)c(OC)cc2C)C1c1ccc(C)o1. The van der Waals surface area contributed by atoms with Crippen LogP contribution < -0.4 is 4.74 Å². The molecule has 184 valence electrons. The average molecular weight is 469 g/mol. The van der Waals surface area contributed by atoms with Crippen LogP contribution in [0.5, 0.6) is 5.75 Å². The number of aliphatic hydroxyl groups is 1. The summed E-state index contributed by atoms with van der Waals surface area (Å²) in [6, 6.07) is 6.49. The Morgan fingerprint density at radius 2 is 1.85 bits per heavy atom. The van der Waals surface area contributed by atoms with E-state index in [9.17, 15) is 14.7 Å². The van der Waals surface area contributed by atoms with E-state index in [1.54, 1.807) is 19.2 Å². The average Bonchev–Trinajstić information content (AvgIpc) is 3.34. The molecule has 1 unspecified atom stereocenters. The van der Waals surface area contributed by atoms with Gasteiger partial charge in [-0.1, -0.05) is 27.7 Å². The van der Waals surface area contributed by atoms with Crippen LogP contribution in [0.15, 0.2) is 34.3 Å². The van der Waals surface area contributed by atoms with Gasteiger partial charge >= 0.3 is 0 Å². The lowest BCUT2D eigenvalue weighted by atomic mass is 9.92. The van der Waals surface area contributed by atoms with E-state index in [4.69, 9.17) is 9.15 Å². The molecule has 0 saturated carbocycles. The zero-order valence-electron chi connectivity index (χ0n) is 21.3. The van der Waals surface area contributed by atoms with Crippen molar-refractivity contribution in [1.29, 1.82) is 0 Å². The summed E-state index contributed by atoms with van der Waals surface area (Å²) in [7, 11) is 1.61. The molecule has 2 aromatic rings. The number of nitrogens with zero attached hydrogens (tertiary/aromatic N) is 2. The number of furan rings is 1. The van der Waals surface area contributed by atoms with Gasteiger partial charge in [-0.05, 0) is 68.2 Å². The fourth-order valence-corrected chi connectivity index (χ4v) is 4.52. The molecule has 34 heavy (non-hydrogen) atoms. The van der Waals surface area contributed by atoms with E-state index in [-0.39, 0.29) is 17.3 Å². The minimum Gasteiger partial charge on any atom is -0.507 e. The van der Waals surface area contributed by atoms with Crippen LogP contribution in [0.4, 0.5) is 0 Å². The number of aliphatic hydroxyl groups excluding tert-OH is 1. The number of hydrogen-bond acceptors (Lipinski definition) is 6. The molecule has 1 aromatic heterocycles. The Labute approximate surface area is 202 Å². The van der Waals surface area contributed by atoms with Crippen molar-refractivity contribution in [1.82, 2.24) is 9.80 Å². The van der Waals surface area contributed by atoms with Gasteiger partial charge in [-0.3, -0.25) is 9.59 Å². The van der Waals surface area contributed by atoms with E-state index in [1.165, 1.54) is 4.90 Å². The van der Waals surface area contributed by atoms with Gasteiger partial charge in [0.15, 0.2) is 0 Å². The molecule has 7 nitrogen and oxygen atoms in total. The molecule has 1 N–H and O–H groups in total. The van der Waals surface area contributed by atoms with Crippen molar-refractivity contribution in [2.24, 2.45) is 0 Å². The maximum absolute atomic E-state index is 13.3. The number of methoxy groups -OCH3 is 1. The second kappa shape index (κ2) is 10.5. The zero-order chi connectivity index (χ0) is 25.2. The van der Waals surface area contributed by atoms with Gasteiger partial charge < -0.3 is 24.1 Å². The van der Waals surface area contributed by atoms with Crippen LogP contribution >= 0.6 is 0 Å². The smallest absolute Gasteiger partial charge is 0.295 e. The summed E-state index contributed by atoms with van der Waals surface area (Å²) in [5.41, 5.74) is 2.24. The first-order valence-corrected chi connectivity index (χ1v) is 11.9. The van der Waals surface area contributed by atoms with E-state index in [0.29, 0.717) is 30.2 Å². The summed E-state index contributed by atoms with van der Waals surface area (Å²) in [5, 5.41) is 11.5. The molecule has 1 atom stereocenters. The van der Waals surface area contributed by atoms with E-state index in [0.717, 1.165) is 30.0 Å². The minimum atomic E-state index is -0.784. The summed E-state index contributed by atoms with van der Waals surface area (Å²) in [5.74, 6) is 0.495. The molecule has 1 aromatic carbocycles. The van der Waals surface area contributed by atoms with E-state index < -0.39 is 17.7 Å². The molecule has 0 radical (unpaired) electrons. The van der Waals surface area contributed by atoms with Crippen molar-refractivity contribution in [2.75, 3.05) is 33.3 Å². The van der Waals surface area contributed by atoms with Crippen LogP contribution in [-0.2, 0) is 9.59 Å². The summed E-state index contributed by atoms with van der Waals surface area (Å²) in [6.07, 6.45) is 0. The second-order valence-corrected chi connectivity index (χ2v) is 9.03. The Hall–Kier alpha value is -3.06. The Morgan fingerprint density at radius 1 is 1.18 bits per heavy atom. The lowest BCUT2D eigenvalue weighted by molar-refractivity contribution is -0.140. The predicted octanol–water partition coefficient (Wildman–Crippen LogP) is 4.79. The molecule has 1 aliphatic heterocycles. The number of carbonyl (C=O) groups is 2. The Morgan fingerprint density at radius 3 is 2.38 bits per heavy atom. The van der Waals surface area contributed by atoms with Gasteiger partial charge in [-0.2, -0.15) is 0 Å². The number of aryl methyl sites for hydroxylation is 2. The van der Waals surface area contributed by atoms with Crippen molar-refractivity contribution >= 4 is 17.4 Å². The first-order chi connectivity index (χ1) is 16.1. The minimum absolute atomic E-state index is 0.0573. The number of carbonyl (C=O) groups excluding carboxylic acids is 2. The van der Waals surface area contributed by atoms with Crippen LogP contribution in [-0.4, -0.2) is 59.9 Å². The van der Waals surface area contributed by atoms with Gasteiger partial charge in [-0.25, -0.2) is 0 Å². The normalized spacial score (nSPS) is 17.9. The Bertz CT molecular complexity index is 1090. The summed E-state index contributed by atoms with van der Waals surface area (Å²) in [6.45, 7) is 14.5. The van der Waals surface area contributed by atoms with Gasteiger partial charge in [0.25, 0.3) is 11.7 Å². The third-order valence-electron chi connectivity index (χ3n) is 6.58. The fraction of sp³-hybridized carbons (Fsp3) is 0.481. The number of ketones is 1.